The van der Waals surface area contributed by atoms with E-state index in [9.17, 15) is 0 Å². The maximum absolute atomic E-state index is 6.30. The van der Waals surface area contributed by atoms with Gasteiger partial charge < -0.3 is 4.74 Å². The zero-order chi connectivity index (χ0) is 14.6. The summed E-state index contributed by atoms with van der Waals surface area (Å²) < 4.78 is 3.99. The van der Waals surface area contributed by atoms with Gasteiger partial charge in [0.15, 0.2) is 4.33 Å². The number of alkyl halides is 3. The molecule has 1 unspecified atom stereocenters. The Morgan fingerprint density at radius 2 is 2.00 bits per heavy atom. The molecule has 0 N–H and O–H groups in total. The lowest BCUT2D eigenvalue weighted by molar-refractivity contribution is 0.407. The Bertz CT molecular complexity index is 475. The van der Waals surface area contributed by atoms with Crippen molar-refractivity contribution >= 4 is 46.4 Å². The van der Waals surface area contributed by atoms with Crippen molar-refractivity contribution in [2.24, 2.45) is 10.2 Å². The van der Waals surface area contributed by atoms with Gasteiger partial charge in [0.1, 0.15) is 11.3 Å². The fourth-order valence-corrected chi connectivity index (χ4v) is 2.06. The number of aryl methyl sites for hydroxylation is 1. The minimum absolute atomic E-state index is 0.0740. The third-order valence-corrected chi connectivity index (χ3v) is 3.53. The van der Waals surface area contributed by atoms with E-state index >= 15 is 0 Å². The van der Waals surface area contributed by atoms with Crippen molar-refractivity contribution in [1.82, 2.24) is 0 Å². The number of hydrogen-bond acceptors (Lipinski definition) is 3. The van der Waals surface area contributed by atoms with E-state index < -0.39 is 9.83 Å². The van der Waals surface area contributed by atoms with Gasteiger partial charge in [-0.05, 0) is 31.5 Å². The number of azo groups is 1. The van der Waals surface area contributed by atoms with Crippen molar-refractivity contribution < 1.29 is 4.74 Å². The van der Waals surface area contributed by atoms with Crippen LogP contribution in [0.4, 0.5) is 0 Å². The predicted molar refractivity (Wildman–Crippen MR) is 81.2 cm³/mol. The van der Waals surface area contributed by atoms with Crippen molar-refractivity contribution in [1.29, 1.82) is 0 Å². The fourth-order valence-electron chi connectivity index (χ4n) is 1.45. The number of rotatable bonds is 5. The van der Waals surface area contributed by atoms with E-state index in [4.69, 9.17) is 51.1 Å². The maximum atomic E-state index is 6.30. The molecule has 7 heteroatoms. The van der Waals surface area contributed by atoms with E-state index in [1.54, 1.807) is 19.1 Å². The minimum Gasteiger partial charge on any atom is -0.496 e. The molecule has 0 fully saturated rings. The van der Waals surface area contributed by atoms with Crippen LogP contribution in [0.3, 0.4) is 0 Å². The highest BCUT2D eigenvalue weighted by Gasteiger charge is 2.31. The Hall–Kier alpha value is -0.220. The molecule has 19 heavy (non-hydrogen) atoms. The van der Waals surface area contributed by atoms with Gasteiger partial charge in [0.05, 0.1) is 13.7 Å². The molecule has 3 nitrogen and oxygen atoms in total. The number of methoxy groups -OCH3 is 1. The highest BCUT2D eigenvalue weighted by Crippen LogP contribution is 2.42. The largest absolute Gasteiger partial charge is 0.496 e. The third-order valence-electron chi connectivity index (χ3n) is 2.38. The smallest absolute Gasteiger partial charge is 0.167 e. The average molecular weight is 344 g/mol. The molecule has 0 heterocycles. The van der Waals surface area contributed by atoms with Crippen LogP contribution in [0.1, 0.15) is 18.1 Å². The molecule has 0 spiro atoms. The van der Waals surface area contributed by atoms with Gasteiger partial charge in [-0.3, -0.25) is 0 Å². The van der Waals surface area contributed by atoms with Crippen molar-refractivity contribution in [3.05, 3.63) is 28.3 Å². The molecule has 0 radical (unpaired) electrons. The minimum atomic E-state index is -1.25. The zero-order valence-corrected chi connectivity index (χ0v) is 13.8. The van der Waals surface area contributed by atoms with Gasteiger partial charge in [-0.15, -0.1) is 0 Å². The van der Waals surface area contributed by atoms with Crippen molar-refractivity contribution in [3.63, 3.8) is 0 Å². The number of nitrogens with zero attached hydrogens (tertiary/aromatic N) is 2. The summed E-state index contributed by atoms with van der Waals surface area (Å²) in [5, 5.41) is 8.26. The summed E-state index contributed by atoms with van der Waals surface area (Å²) in [6.07, 6.45) is 0. The van der Waals surface area contributed by atoms with Crippen LogP contribution < -0.4 is 4.74 Å². The summed E-state index contributed by atoms with van der Waals surface area (Å²) in [6, 6.07) is 3.45. The summed E-state index contributed by atoms with van der Waals surface area (Å²) >= 11 is 24.3. The Morgan fingerprint density at radius 1 is 1.37 bits per heavy atom. The normalized spacial score (nSPS) is 13.8. The molecule has 1 aromatic carbocycles. The molecule has 1 rings (SSSR count). The first-order valence-corrected chi connectivity index (χ1v) is 7.08. The van der Waals surface area contributed by atoms with E-state index in [0.29, 0.717) is 16.3 Å². The van der Waals surface area contributed by atoms with Crippen molar-refractivity contribution in [2.75, 3.05) is 13.7 Å². The van der Waals surface area contributed by atoms with Crippen LogP contribution in [0.2, 0.25) is 5.02 Å². The van der Waals surface area contributed by atoms with E-state index in [2.05, 4.69) is 10.2 Å². The van der Waals surface area contributed by atoms with Gasteiger partial charge >= 0.3 is 0 Å². The number of ether oxygens (including phenoxy) is 1. The van der Waals surface area contributed by atoms with Crippen LogP contribution in [0.15, 0.2) is 22.4 Å². The molecule has 0 saturated heterocycles. The Balaban J connectivity index is 3.09. The molecular formula is C12H14Cl4N2O. The van der Waals surface area contributed by atoms with Crippen LogP contribution in [-0.4, -0.2) is 19.2 Å². The summed E-state index contributed by atoms with van der Waals surface area (Å²) in [6.45, 7) is 3.63. The standard InChI is InChI=1S/C12H14Cl4N2O/c1-7-4-9(11(19-3)5-10(7)14)12(15,16)6-17-18-8(2)13/h4-5,8H,6H2,1-3H3. The topological polar surface area (TPSA) is 34.0 Å². The fraction of sp³-hybridized carbons (Fsp3) is 0.500. The number of hydrogen-bond donors (Lipinski definition) is 0. The third kappa shape index (κ3) is 4.67. The SMILES string of the molecule is COc1cc(Cl)c(C)cc1C(Cl)(Cl)CN=NC(C)Cl. The molecule has 0 aliphatic heterocycles. The quantitative estimate of drug-likeness (QED) is 0.404. The van der Waals surface area contributed by atoms with Crippen LogP contribution in [0, 0.1) is 6.92 Å². The first-order chi connectivity index (χ1) is 8.77. The molecule has 1 atom stereocenters. The molecule has 106 valence electrons. The van der Waals surface area contributed by atoms with Crippen LogP contribution in [0.5, 0.6) is 5.75 Å². The van der Waals surface area contributed by atoms with Gasteiger partial charge in [-0.25, -0.2) is 0 Å². The summed E-state index contributed by atoms with van der Waals surface area (Å²) in [4.78, 5) is 0. The summed E-state index contributed by atoms with van der Waals surface area (Å²) in [5.41, 5.74) is 1.03. The highest BCUT2D eigenvalue weighted by molar-refractivity contribution is 6.48. The van der Waals surface area contributed by atoms with Gasteiger partial charge in [0.25, 0.3) is 0 Å². The predicted octanol–water partition coefficient (Wildman–Crippen LogP) is 5.32. The van der Waals surface area contributed by atoms with Crippen LogP contribution in [0.25, 0.3) is 0 Å². The lowest BCUT2D eigenvalue weighted by atomic mass is 10.1. The Labute approximate surface area is 132 Å². The monoisotopic (exact) mass is 342 g/mol. The second-order valence-corrected chi connectivity index (χ2v) is 6.52. The van der Waals surface area contributed by atoms with Gasteiger partial charge in [0, 0.05) is 10.6 Å². The lowest BCUT2D eigenvalue weighted by Crippen LogP contribution is -2.16. The number of halogens is 4. The number of benzene rings is 1. The van der Waals surface area contributed by atoms with Gasteiger partial charge in [-0.1, -0.05) is 46.4 Å². The average Bonchev–Trinajstić information content (AvgIpc) is 2.31. The first kappa shape index (κ1) is 16.8. The molecule has 0 bridgehead atoms. The summed E-state index contributed by atoms with van der Waals surface area (Å²) in [5.74, 6) is 0.509. The van der Waals surface area contributed by atoms with E-state index in [1.807, 2.05) is 6.92 Å². The van der Waals surface area contributed by atoms with Gasteiger partial charge in [-0.2, -0.15) is 10.2 Å². The molecule has 1 aromatic rings. The molecule has 0 aromatic heterocycles. The second-order valence-electron chi connectivity index (χ2n) is 4.00. The van der Waals surface area contributed by atoms with Gasteiger partial charge in [0.2, 0.25) is 0 Å². The summed E-state index contributed by atoms with van der Waals surface area (Å²) in [7, 11) is 1.52. The maximum Gasteiger partial charge on any atom is 0.167 e. The molecular weight excluding hydrogens is 330 g/mol. The van der Waals surface area contributed by atoms with Crippen molar-refractivity contribution in [2.45, 2.75) is 23.7 Å². The van der Waals surface area contributed by atoms with E-state index in [-0.39, 0.29) is 6.54 Å². The molecule has 0 amide bonds. The molecule has 0 saturated carbocycles. The van der Waals surface area contributed by atoms with Crippen LogP contribution in [-0.2, 0) is 4.33 Å². The molecule has 0 aliphatic carbocycles. The van der Waals surface area contributed by atoms with Crippen molar-refractivity contribution in [3.8, 4) is 5.75 Å². The van der Waals surface area contributed by atoms with E-state index in [1.165, 1.54) is 7.11 Å². The zero-order valence-electron chi connectivity index (χ0n) is 10.8. The van der Waals surface area contributed by atoms with Crippen LogP contribution >= 0.6 is 46.4 Å². The molecule has 0 aliphatic rings. The Morgan fingerprint density at radius 3 is 2.53 bits per heavy atom. The lowest BCUT2D eigenvalue weighted by Gasteiger charge is -2.21. The highest BCUT2D eigenvalue weighted by atomic mass is 35.5. The first-order valence-electron chi connectivity index (χ1n) is 5.51. The van der Waals surface area contributed by atoms with E-state index in [0.717, 1.165) is 5.56 Å². The Kier molecular flexibility index (Phi) is 6.18. The second kappa shape index (κ2) is 6.98.